The van der Waals surface area contributed by atoms with Gasteiger partial charge in [0.15, 0.2) is 0 Å². The SMILES string of the molecule is O=S(=O)(NCc1cccnc1)c1ccc(Br)cc1F. The fourth-order valence-electron chi connectivity index (χ4n) is 1.45. The molecule has 0 amide bonds. The van der Waals surface area contributed by atoms with Gasteiger partial charge in [0.05, 0.1) is 0 Å². The molecule has 1 aromatic heterocycles. The topological polar surface area (TPSA) is 59.1 Å². The molecular formula is C12H10BrFN2O2S. The van der Waals surface area contributed by atoms with Crippen molar-refractivity contribution in [2.45, 2.75) is 11.4 Å². The first-order chi connectivity index (χ1) is 8.99. The highest BCUT2D eigenvalue weighted by Gasteiger charge is 2.18. The monoisotopic (exact) mass is 344 g/mol. The molecule has 4 nitrogen and oxygen atoms in total. The van der Waals surface area contributed by atoms with Gasteiger partial charge in [-0.15, -0.1) is 0 Å². The molecule has 7 heteroatoms. The van der Waals surface area contributed by atoms with Gasteiger partial charge >= 0.3 is 0 Å². The lowest BCUT2D eigenvalue weighted by molar-refractivity contribution is 0.556. The van der Waals surface area contributed by atoms with Crippen LogP contribution in [0.1, 0.15) is 5.56 Å². The summed E-state index contributed by atoms with van der Waals surface area (Å²) in [6.45, 7) is 0.0612. The lowest BCUT2D eigenvalue weighted by atomic mass is 10.3. The van der Waals surface area contributed by atoms with Gasteiger partial charge in [-0.05, 0) is 29.8 Å². The van der Waals surface area contributed by atoms with Crippen molar-refractivity contribution < 1.29 is 12.8 Å². The number of halogens is 2. The molecular weight excluding hydrogens is 335 g/mol. The second kappa shape index (κ2) is 5.77. The minimum absolute atomic E-state index is 0.0612. The molecule has 1 heterocycles. The summed E-state index contributed by atoms with van der Waals surface area (Å²) in [5.74, 6) is -0.798. The van der Waals surface area contributed by atoms with E-state index in [1.807, 2.05) is 0 Å². The molecule has 0 atom stereocenters. The summed E-state index contributed by atoms with van der Waals surface area (Å²) in [6.07, 6.45) is 3.13. The van der Waals surface area contributed by atoms with Crippen LogP contribution in [-0.4, -0.2) is 13.4 Å². The van der Waals surface area contributed by atoms with Crippen molar-refractivity contribution in [1.82, 2.24) is 9.71 Å². The zero-order valence-corrected chi connectivity index (χ0v) is 12.1. The lowest BCUT2D eigenvalue weighted by Crippen LogP contribution is -2.24. The summed E-state index contributed by atoms with van der Waals surface area (Å²) in [4.78, 5) is 3.50. The number of pyridine rings is 1. The maximum Gasteiger partial charge on any atom is 0.243 e. The maximum absolute atomic E-state index is 13.6. The fraction of sp³-hybridized carbons (Fsp3) is 0.0833. The van der Waals surface area contributed by atoms with Crippen LogP contribution in [0.25, 0.3) is 0 Å². The molecule has 1 aromatic carbocycles. The number of sulfonamides is 1. The van der Waals surface area contributed by atoms with E-state index in [4.69, 9.17) is 0 Å². The summed E-state index contributed by atoms with van der Waals surface area (Å²) in [6, 6.07) is 7.22. The van der Waals surface area contributed by atoms with Crippen LogP contribution in [0.5, 0.6) is 0 Å². The Hall–Kier alpha value is -1.31. The summed E-state index contributed by atoms with van der Waals surface area (Å²) < 4.78 is 40.3. The third kappa shape index (κ3) is 3.59. The van der Waals surface area contributed by atoms with E-state index in [1.54, 1.807) is 24.5 Å². The number of aromatic nitrogens is 1. The predicted octanol–water partition coefficient (Wildman–Crippen LogP) is 2.46. The normalized spacial score (nSPS) is 11.5. The minimum Gasteiger partial charge on any atom is -0.264 e. The smallest absolute Gasteiger partial charge is 0.243 e. The van der Waals surface area contributed by atoms with Crippen molar-refractivity contribution in [2.24, 2.45) is 0 Å². The van der Waals surface area contributed by atoms with Gasteiger partial charge < -0.3 is 0 Å². The van der Waals surface area contributed by atoms with Crippen molar-refractivity contribution in [2.75, 3.05) is 0 Å². The van der Waals surface area contributed by atoms with Crippen LogP contribution in [0.3, 0.4) is 0 Å². The first kappa shape index (κ1) is 14.1. The second-order valence-electron chi connectivity index (χ2n) is 3.76. The molecule has 0 unspecified atom stereocenters. The quantitative estimate of drug-likeness (QED) is 0.926. The van der Waals surface area contributed by atoms with E-state index in [-0.39, 0.29) is 11.4 Å². The standard InChI is InChI=1S/C12H10BrFN2O2S/c13-10-3-4-12(11(14)6-10)19(17,18)16-8-9-2-1-5-15-7-9/h1-7,16H,8H2. The molecule has 0 aliphatic heterocycles. The van der Waals surface area contributed by atoms with Crippen LogP contribution in [0.2, 0.25) is 0 Å². The highest BCUT2D eigenvalue weighted by molar-refractivity contribution is 9.10. The Labute approximate surface area is 118 Å². The van der Waals surface area contributed by atoms with Crippen molar-refractivity contribution in [3.8, 4) is 0 Å². The van der Waals surface area contributed by atoms with Gasteiger partial charge in [-0.25, -0.2) is 17.5 Å². The number of nitrogens with zero attached hydrogens (tertiary/aromatic N) is 1. The van der Waals surface area contributed by atoms with Gasteiger partial charge in [0.2, 0.25) is 10.0 Å². The Kier molecular flexibility index (Phi) is 4.28. The van der Waals surface area contributed by atoms with Gasteiger partial charge in [-0.1, -0.05) is 22.0 Å². The van der Waals surface area contributed by atoms with E-state index in [2.05, 4.69) is 25.6 Å². The van der Waals surface area contributed by atoms with Gasteiger partial charge in [-0.3, -0.25) is 4.98 Å². The molecule has 0 radical (unpaired) electrons. The highest BCUT2D eigenvalue weighted by atomic mass is 79.9. The first-order valence-electron chi connectivity index (χ1n) is 5.33. The molecule has 2 aromatic rings. The molecule has 0 fully saturated rings. The Morgan fingerprint density at radius 3 is 2.74 bits per heavy atom. The summed E-state index contributed by atoms with van der Waals surface area (Å²) in [5, 5.41) is 0. The van der Waals surface area contributed by atoms with Gasteiger partial charge in [0, 0.05) is 23.4 Å². The van der Waals surface area contributed by atoms with Crippen molar-refractivity contribution in [3.63, 3.8) is 0 Å². The molecule has 2 rings (SSSR count). The van der Waals surface area contributed by atoms with Crippen LogP contribution >= 0.6 is 15.9 Å². The number of hydrogen-bond donors (Lipinski definition) is 1. The third-order valence-corrected chi connectivity index (χ3v) is 4.30. The van der Waals surface area contributed by atoms with Crippen molar-refractivity contribution >= 4 is 26.0 Å². The van der Waals surface area contributed by atoms with Gasteiger partial charge in [0.1, 0.15) is 10.7 Å². The molecule has 0 aliphatic rings. The zero-order valence-electron chi connectivity index (χ0n) is 9.68. The number of nitrogens with one attached hydrogen (secondary N) is 1. The highest BCUT2D eigenvalue weighted by Crippen LogP contribution is 2.19. The van der Waals surface area contributed by atoms with Gasteiger partial charge in [0.25, 0.3) is 0 Å². The summed E-state index contributed by atoms with van der Waals surface area (Å²) >= 11 is 3.08. The maximum atomic E-state index is 13.6. The van der Waals surface area contributed by atoms with E-state index in [1.165, 1.54) is 12.1 Å². The summed E-state index contributed by atoms with van der Waals surface area (Å²) in [7, 11) is -3.88. The average Bonchev–Trinajstić information content (AvgIpc) is 2.37. The van der Waals surface area contributed by atoms with Crippen LogP contribution < -0.4 is 4.72 Å². The van der Waals surface area contributed by atoms with E-state index in [0.717, 1.165) is 6.07 Å². The molecule has 0 aliphatic carbocycles. The molecule has 0 bridgehead atoms. The largest absolute Gasteiger partial charge is 0.264 e. The van der Waals surface area contributed by atoms with E-state index >= 15 is 0 Å². The molecule has 19 heavy (non-hydrogen) atoms. The van der Waals surface area contributed by atoms with Crippen molar-refractivity contribution in [1.29, 1.82) is 0 Å². The zero-order chi connectivity index (χ0) is 13.9. The average molecular weight is 345 g/mol. The molecule has 0 spiro atoms. The number of benzene rings is 1. The molecule has 0 saturated heterocycles. The van der Waals surface area contributed by atoms with Crippen LogP contribution in [0.4, 0.5) is 4.39 Å². The third-order valence-electron chi connectivity index (χ3n) is 2.37. The Bertz CT molecular complexity index is 677. The Morgan fingerprint density at radius 1 is 1.32 bits per heavy atom. The lowest BCUT2D eigenvalue weighted by Gasteiger charge is -2.07. The van der Waals surface area contributed by atoms with Gasteiger partial charge in [-0.2, -0.15) is 0 Å². The van der Waals surface area contributed by atoms with E-state index < -0.39 is 15.8 Å². The first-order valence-corrected chi connectivity index (χ1v) is 7.60. The second-order valence-corrected chi connectivity index (χ2v) is 6.41. The van der Waals surface area contributed by atoms with E-state index in [0.29, 0.717) is 10.0 Å². The van der Waals surface area contributed by atoms with Crippen LogP contribution in [0.15, 0.2) is 52.1 Å². The molecule has 1 N–H and O–H groups in total. The Morgan fingerprint density at radius 2 is 2.11 bits per heavy atom. The minimum atomic E-state index is -3.88. The Balaban J connectivity index is 2.19. The number of rotatable bonds is 4. The van der Waals surface area contributed by atoms with Crippen molar-refractivity contribution in [3.05, 3.63) is 58.6 Å². The summed E-state index contributed by atoms with van der Waals surface area (Å²) in [5.41, 5.74) is 0.698. The number of hydrogen-bond acceptors (Lipinski definition) is 3. The van der Waals surface area contributed by atoms with Crippen LogP contribution in [-0.2, 0) is 16.6 Å². The van der Waals surface area contributed by atoms with Crippen LogP contribution in [0, 0.1) is 5.82 Å². The van der Waals surface area contributed by atoms with E-state index in [9.17, 15) is 12.8 Å². The molecule has 100 valence electrons. The molecule has 0 saturated carbocycles. The fourth-order valence-corrected chi connectivity index (χ4v) is 2.86. The predicted molar refractivity (Wildman–Crippen MR) is 72.4 cm³/mol.